The SMILES string of the molecule is CCCC(=O)CC(=O)[O-].CCCC(=O)CC(=O)[O-].CCN(CC)CCCO.CCN(CC)CCCO.[Ti+2]. The van der Waals surface area contributed by atoms with Gasteiger partial charge in [-0.05, 0) is 51.9 Å². The molecule has 0 aromatic rings. The molecule has 10 nitrogen and oxygen atoms in total. The largest absolute Gasteiger partial charge is 2.00 e. The third-order valence-corrected chi connectivity index (χ3v) is 4.79. The number of rotatable bonds is 18. The van der Waals surface area contributed by atoms with Crippen molar-refractivity contribution in [3.63, 3.8) is 0 Å². The quantitative estimate of drug-likeness (QED) is 0.175. The van der Waals surface area contributed by atoms with Gasteiger partial charge in [-0.2, -0.15) is 0 Å². The summed E-state index contributed by atoms with van der Waals surface area (Å²) in [5.41, 5.74) is 0. The maximum absolute atomic E-state index is 10.4. The Bertz CT molecular complexity index is 483. The molecule has 2 N–H and O–H groups in total. The number of nitrogens with zero attached hydrogens (tertiary/aromatic N) is 2. The van der Waals surface area contributed by atoms with Gasteiger partial charge in [-0.1, -0.05) is 41.5 Å². The predicted molar refractivity (Wildman–Crippen MR) is 138 cm³/mol. The fourth-order valence-electron chi connectivity index (χ4n) is 2.72. The van der Waals surface area contributed by atoms with E-state index in [1.165, 1.54) is 0 Å². The summed E-state index contributed by atoms with van der Waals surface area (Å²) < 4.78 is 0. The van der Waals surface area contributed by atoms with Crippen LogP contribution in [-0.2, 0) is 40.9 Å². The first kappa shape index (κ1) is 45.7. The summed E-state index contributed by atoms with van der Waals surface area (Å²) in [5, 5.41) is 36.5. The third-order valence-electron chi connectivity index (χ3n) is 4.79. The first-order valence-electron chi connectivity index (χ1n) is 13.1. The summed E-state index contributed by atoms with van der Waals surface area (Å²) >= 11 is 0. The summed E-state index contributed by atoms with van der Waals surface area (Å²) in [6.07, 6.45) is 3.02. The number of carbonyl (C=O) groups excluding carboxylic acids is 4. The van der Waals surface area contributed by atoms with E-state index in [0.717, 1.165) is 52.1 Å². The molecular weight excluding hydrogens is 516 g/mol. The molecule has 0 saturated heterocycles. The molecule has 0 bridgehead atoms. The molecule has 0 heterocycles. The van der Waals surface area contributed by atoms with Gasteiger partial charge in [0.2, 0.25) is 0 Å². The minimum absolute atomic E-state index is 0. The number of carbonyl (C=O) groups is 4. The van der Waals surface area contributed by atoms with Gasteiger partial charge in [-0.3, -0.25) is 9.59 Å². The topological polar surface area (TPSA) is 161 Å². The Morgan fingerprint density at radius 3 is 1.03 bits per heavy atom. The van der Waals surface area contributed by atoms with E-state index >= 15 is 0 Å². The number of aliphatic carboxylic acids is 2. The van der Waals surface area contributed by atoms with Crippen LogP contribution in [0.2, 0.25) is 0 Å². The molecule has 0 fully saturated rings. The molecule has 0 amide bonds. The molecule has 37 heavy (non-hydrogen) atoms. The van der Waals surface area contributed by atoms with Crippen LogP contribution in [0.15, 0.2) is 0 Å². The molecule has 0 aromatic heterocycles. The fraction of sp³-hybridized carbons (Fsp3) is 0.846. The Kier molecular flexibility index (Phi) is 45.7. The monoisotopic (exact) mass is 568 g/mol. The van der Waals surface area contributed by atoms with E-state index in [1.807, 2.05) is 13.8 Å². The smallest absolute Gasteiger partial charge is 0.550 e. The van der Waals surface area contributed by atoms with Gasteiger partial charge in [-0.15, -0.1) is 0 Å². The van der Waals surface area contributed by atoms with Crippen molar-refractivity contribution >= 4 is 23.5 Å². The number of carboxylic acid groups (broad SMARTS) is 2. The number of carboxylic acids is 2. The predicted octanol–water partition coefficient (Wildman–Crippen LogP) is 0.410. The molecule has 0 aliphatic rings. The van der Waals surface area contributed by atoms with Crippen molar-refractivity contribution in [3.8, 4) is 0 Å². The molecule has 0 aliphatic carbocycles. The minimum atomic E-state index is -1.28. The zero-order valence-electron chi connectivity index (χ0n) is 24.1. The van der Waals surface area contributed by atoms with Crippen molar-refractivity contribution in [1.82, 2.24) is 9.80 Å². The Morgan fingerprint density at radius 2 is 0.865 bits per heavy atom. The van der Waals surface area contributed by atoms with E-state index < -0.39 is 24.8 Å². The van der Waals surface area contributed by atoms with Gasteiger partial charge in [0.1, 0.15) is 11.6 Å². The van der Waals surface area contributed by atoms with Crippen LogP contribution in [0.3, 0.4) is 0 Å². The summed E-state index contributed by atoms with van der Waals surface area (Å²) in [4.78, 5) is 45.0. The van der Waals surface area contributed by atoms with Crippen molar-refractivity contribution in [3.05, 3.63) is 0 Å². The molecule has 0 rings (SSSR count). The Balaban J connectivity index is -0.000000122. The number of Topliss-reactive ketones (excluding diaryl/α,β-unsaturated/α-hetero) is 2. The first-order chi connectivity index (χ1) is 17.0. The molecule has 11 heteroatoms. The Hall–Kier alpha value is -1.17. The van der Waals surface area contributed by atoms with E-state index in [9.17, 15) is 29.4 Å². The van der Waals surface area contributed by atoms with Crippen molar-refractivity contribution < 1.29 is 61.3 Å². The van der Waals surface area contributed by atoms with Crippen molar-refractivity contribution in [1.29, 1.82) is 0 Å². The summed E-state index contributed by atoms with van der Waals surface area (Å²) in [6, 6.07) is 0. The normalized spacial score (nSPS) is 9.57. The molecule has 0 radical (unpaired) electrons. The molecular formula is C26H52N2O8Ti. The third kappa shape index (κ3) is 45.2. The van der Waals surface area contributed by atoms with Gasteiger partial charge in [0.05, 0.1) is 0 Å². The average Bonchev–Trinajstić information content (AvgIpc) is 2.81. The van der Waals surface area contributed by atoms with Gasteiger partial charge in [-0.25, -0.2) is 0 Å². The molecule has 0 aromatic carbocycles. The first-order valence-corrected chi connectivity index (χ1v) is 13.1. The van der Waals surface area contributed by atoms with E-state index in [4.69, 9.17) is 10.2 Å². The summed E-state index contributed by atoms with van der Waals surface area (Å²) in [5.74, 6) is -3.07. The van der Waals surface area contributed by atoms with Crippen molar-refractivity contribution in [2.75, 3.05) is 52.5 Å². The van der Waals surface area contributed by atoms with Gasteiger partial charge in [0, 0.05) is 63.9 Å². The Labute approximate surface area is 239 Å². The van der Waals surface area contributed by atoms with Crippen molar-refractivity contribution in [2.45, 2.75) is 92.9 Å². The number of hydrogen-bond acceptors (Lipinski definition) is 10. The average molecular weight is 569 g/mol. The maximum atomic E-state index is 10.4. The second-order valence-electron chi connectivity index (χ2n) is 7.88. The van der Waals surface area contributed by atoms with Crippen LogP contribution in [0.5, 0.6) is 0 Å². The molecule has 0 unspecified atom stereocenters. The van der Waals surface area contributed by atoms with Gasteiger partial charge < -0.3 is 39.8 Å². The van der Waals surface area contributed by atoms with Crippen LogP contribution >= 0.6 is 0 Å². The zero-order chi connectivity index (χ0) is 28.8. The van der Waals surface area contributed by atoms with Gasteiger partial charge >= 0.3 is 21.7 Å². The minimum Gasteiger partial charge on any atom is -0.550 e. The number of aliphatic hydroxyl groups excluding tert-OH is 2. The summed E-state index contributed by atoms with van der Waals surface area (Å²) in [6.45, 7) is 19.3. The van der Waals surface area contributed by atoms with Crippen LogP contribution in [0, 0.1) is 0 Å². The fourth-order valence-corrected chi connectivity index (χ4v) is 2.72. The van der Waals surface area contributed by atoms with Crippen LogP contribution in [0.25, 0.3) is 0 Å². The number of ketones is 2. The van der Waals surface area contributed by atoms with Crippen molar-refractivity contribution in [2.24, 2.45) is 0 Å². The summed E-state index contributed by atoms with van der Waals surface area (Å²) in [7, 11) is 0. The number of hydrogen-bond donors (Lipinski definition) is 2. The second kappa shape index (κ2) is 37.0. The van der Waals surface area contributed by atoms with Crippen LogP contribution in [0.4, 0.5) is 0 Å². The number of aliphatic hydroxyl groups is 2. The van der Waals surface area contributed by atoms with Gasteiger partial charge in [0.25, 0.3) is 0 Å². The molecule has 0 spiro atoms. The molecule has 0 aliphatic heterocycles. The molecule has 218 valence electrons. The standard InChI is InChI=1S/2C7H17NO.2C6H10O3.Ti/c2*1-3-8(4-2)6-5-7-9;2*1-2-3-5(7)4-6(8)9;/h2*9H,3-7H2,1-2H3;2*2-4H2,1H3,(H,8,9);/q;;;;+2/p-2. The molecule has 0 atom stereocenters. The van der Waals surface area contributed by atoms with Crippen LogP contribution in [-0.4, -0.2) is 96.0 Å². The van der Waals surface area contributed by atoms with Crippen LogP contribution in [0.1, 0.15) is 92.9 Å². The van der Waals surface area contributed by atoms with Crippen LogP contribution < -0.4 is 10.2 Å². The maximum Gasteiger partial charge on any atom is 2.00 e. The van der Waals surface area contributed by atoms with E-state index in [0.29, 0.717) is 38.9 Å². The molecule has 0 saturated carbocycles. The van der Waals surface area contributed by atoms with E-state index in [1.54, 1.807) is 0 Å². The van der Waals surface area contributed by atoms with E-state index in [-0.39, 0.29) is 33.3 Å². The Morgan fingerprint density at radius 1 is 0.595 bits per heavy atom. The second-order valence-corrected chi connectivity index (χ2v) is 7.88. The van der Waals surface area contributed by atoms with Gasteiger partial charge in [0.15, 0.2) is 0 Å². The van der Waals surface area contributed by atoms with E-state index in [2.05, 4.69) is 37.5 Å². The zero-order valence-corrected chi connectivity index (χ0v) is 25.6.